The van der Waals surface area contributed by atoms with Gasteiger partial charge in [-0.25, -0.2) is 0 Å². The van der Waals surface area contributed by atoms with Crippen molar-refractivity contribution in [3.63, 3.8) is 0 Å². The Morgan fingerprint density at radius 1 is 0.556 bits per heavy atom. The van der Waals surface area contributed by atoms with Gasteiger partial charge in [-0.1, -0.05) is 0 Å². The second kappa shape index (κ2) is 7.35. The highest BCUT2D eigenvalue weighted by molar-refractivity contribution is 6.83. The lowest BCUT2D eigenvalue weighted by Crippen LogP contribution is -2.55. The summed E-state index contributed by atoms with van der Waals surface area (Å²) < 4.78 is 10.6. The molecule has 3 nitrogen and oxygen atoms in total. The predicted octanol–water partition coefficient (Wildman–Crippen LogP) is 3.48. The van der Waals surface area contributed by atoms with Crippen LogP contribution in [-0.4, -0.2) is 62.4 Å². The lowest BCUT2D eigenvalue weighted by Gasteiger charge is -2.35. The largest absolute Gasteiger partial charge is 0.456 e. The zero-order valence-corrected chi connectivity index (χ0v) is 17.8. The van der Waals surface area contributed by atoms with Gasteiger partial charge in [0.25, 0.3) is 0 Å². The van der Waals surface area contributed by atoms with Crippen LogP contribution < -0.4 is 0 Å². The van der Waals surface area contributed by atoms with Crippen molar-refractivity contribution in [3.05, 3.63) is 0 Å². The van der Waals surface area contributed by atoms with E-state index in [1.165, 1.54) is 0 Å². The second-order valence-corrected chi connectivity index (χ2v) is 21.7. The van der Waals surface area contributed by atoms with E-state index >= 15 is 0 Å². The molecule has 0 aliphatic carbocycles. The van der Waals surface area contributed by atoms with E-state index in [4.69, 9.17) is 4.12 Å². The number of hydrogen-bond acceptors (Lipinski definition) is 3. The first kappa shape index (κ1) is 20.8. The van der Waals surface area contributed by atoms with Crippen molar-refractivity contribution in [2.24, 2.45) is 0 Å². The predicted molar refractivity (Wildman–Crippen MR) is 92.6 cm³/mol. The van der Waals surface area contributed by atoms with Gasteiger partial charge in [-0.05, 0) is 80.6 Å². The van der Waals surface area contributed by atoms with Gasteiger partial charge >= 0.3 is 0 Å². The van der Waals surface area contributed by atoms with E-state index in [-0.39, 0.29) is 0 Å². The molecule has 0 rings (SSSR count). The zero-order valence-electron chi connectivity index (χ0n) is 14.8. The van der Waals surface area contributed by atoms with Crippen LogP contribution in [0.3, 0.4) is 0 Å². The third-order valence-corrected chi connectivity index (χ3v) is 12.1. The van der Waals surface area contributed by atoms with Crippen LogP contribution in [0.25, 0.3) is 0 Å². The van der Waals surface area contributed by atoms with Crippen LogP contribution in [0.2, 0.25) is 52.4 Å². The van der Waals surface area contributed by atoms with Crippen molar-refractivity contribution in [2.45, 2.75) is 52.4 Å². The van der Waals surface area contributed by atoms with Crippen molar-refractivity contribution in [1.29, 1.82) is 0 Å². The van der Waals surface area contributed by atoms with E-state index < -0.39 is 25.0 Å². The molecule has 0 aromatic carbocycles. The van der Waals surface area contributed by atoms with Crippen LogP contribution in [-0.2, 0) is 4.12 Å². The molecule has 0 N–H and O–H groups in total. The van der Waals surface area contributed by atoms with E-state index in [0.29, 0.717) is 0 Å². The Morgan fingerprint density at radius 3 is 0.778 bits per heavy atom. The van der Waals surface area contributed by atoms with Crippen molar-refractivity contribution in [3.8, 4) is 0 Å². The van der Waals surface area contributed by atoms with Gasteiger partial charge in [0, 0.05) is 0 Å². The third kappa shape index (κ3) is 11.6. The first-order chi connectivity index (χ1) is 7.59. The Balaban J connectivity index is 0. The minimum absolute atomic E-state index is 1.19. The molecule has 0 fully saturated rings. The molecule has 112 valence electrons. The fourth-order valence-corrected chi connectivity index (χ4v) is 9.47. The van der Waals surface area contributed by atoms with Crippen LogP contribution in [0.1, 0.15) is 0 Å². The Labute approximate surface area is 119 Å². The molecule has 0 radical (unpaired) electrons. The van der Waals surface area contributed by atoms with Gasteiger partial charge in [0.1, 0.15) is 0 Å². The quantitative estimate of drug-likeness (QED) is 0.740. The number of hydrogen-bond donors (Lipinski definition) is 0. The molecular weight excluding hydrogens is 272 g/mol. The zero-order chi connectivity index (χ0) is 15.4. The van der Waals surface area contributed by atoms with Crippen LogP contribution in [0.5, 0.6) is 0 Å². The lowest BCUT2D eigenvalue weighted by atomic mass is 11.2. The minimum Gasteiger partial charge on any atom is -0.456 e. The minimum atomic E-state index is -1.23. The van der Waals surface area contributed by atoms with E-state index in [0.717, 1.165) is 0 Å². The summed E-state index contributed by atoms with van der Waals surface area (Å²) in [6, 6.07) is 0. The molecule has 0 aliphatic rings. The molecule has 0 unspecified atom stereocenters. The van der Waals surface area contributed by atoms with Crippen molar-refractivity contribution >= 4 is 25.0 Å². The first-order valence-electron chi connectivity index (χ1n) is 6.64. The fourth-order valence-electron chi connectivity index (χ4n) is 1.32. The summed E-state index contributed by atoms with van der Waals surface area (Å²) in [5.41, 5.74) is 0. The molecule has 0 saturated heterocycles. The lowest BCUT2D eigenvalue weighted by molar-refractivity contribution is 0.495. The summed E-state index contributed by atoms with van der Waals surface area (Å²) in [6.45, 7) is 18.1. The van der Waals surface area contributed by atoms with E-state index in [1.54, 1.807) is 0 Å². The number of rotatable bonds is 4. The van der Waals surface area contributed by atoms with Crippen LogP contribution in [0.4, 0.5) is 0 Å². The molecule has 0 aromatic rings. The van der Waals surface area contributed by atoms with Crippen LogP contribution in [0.15, 0.2) is 0 Å². The average Bonchev–Trinajstić information content (AvgIpc) is 1.96. The van der Waals surface area contributed by atoms with Gasteiger partial charge in [0.15, 0.2) is 25.0 Å². The molecule has 0 saturated carbocycles. The fraction of sp³-hybridized carbons (Fsp3) is 1.00. The summed E-state index contributed by atoms with van der Waals surface area (Å²) in [6.07, 6.45) is 0. The Hall–Kier alpha value is 0.531. The summed E-state index contributed by atoms with van der Waals surface area (Å²) in [5.74, 6) is 0. The molecule has 0 spiro atoms. The van der Waals surface area contributed by atoms with Gasteiger partial charge in [-0.3, -0.25) is 0 Å². The van der Waals surface area contributed by atoms with Gasteiger partial charge in [0.2, 0.25) is 0 Å². The monoisotopic (exact) mass is 308 g/mol. The van der Waals surface area contributed by atoms with E-state index in [1.807, 2.05) is 0 Å². The van der Waals surface area contributed by atoms with Crippen LogP contribution in [0, 0.1) is 0 Å². The Bertz CT molecular complexity index is 208. The highest BCUT2D eigenvalue weighted by Gasteiger charge is 2.26. The standard InChI is InChI=1S/C6H18N2Si.C6H18OSi2/c1-7(2)9(5,6)8(3)4;1-8(2,3)7-9(4,5)6/h2*1-6H3. The SMILES string of the molecule is CN(C)[Si](C)(C)N(C)C.C[Si](C)(C)O[Si](C)(C)C. The molecule has 0 bridgehead atoms. The smallest absolute Gasteiger partial charge is 0.199 e. The van der Waals surface area contributed by atoms with Gasteiger partial charge < -0.3 is 13.2 Å². The van der Waals surface area contributed by atoms with E-state index in [2.05, 4.69) is 89.7 Å². The van der Waals surface area contributed by atoms with Gasteiger partial charge in [0.05, 0.1) is 0 Å². The third-order valence-electron chi connectivity index (χ3n) is 2.80. The van der Waals surface area contributed by atoms with Gasteiger partial charge in [-0.2, -0.15) is 0 Å². The first-order valence-corrected chi connectivity index (χ1v) is 16.4. The van der Waals surface area contributed by atoms with Gasteiger partial charge in [-0.15, -0.1) is 0 Å². The normalized spacial score (nSPS) is 13.7. The molecule has 6 heteroatoms. The van der Waals surface area contributed by atoms with Crippen molar-refractivity contribution in [1.82, 2.24) is 9.13 Å². The highest BCUT2D eigenvalue weighted by Crippen LogP contribution is 2.12. The highest BCUT2D eigenvalue weighted by atomic mass is 28.4. The molecule has 18 heavy (non-hydrogen) atoms. The Morgan fingerprint density at radius 2 is 0.778 bits per heavy atom. The molecule has 0 amide bonds. The summed E-state index contributed by atoms with van der Waals surface area (Å²) >= 11 is 0. The summed E-state index contributed by atoms with van der Waals surface area (Å²) in [5, 5.41) is 0. The molecule has 0 aromatic heterocycles. The number of nitrogens with zero attached hydrogens (tertiary/aromatic N) is 2. The van der Waals surface area contributed by atoms with Crippen molar-refractivity contribution in [2.75, 3.05) is 28.2 Å². The maximum Gasteiger partial charge on any atom is 0.199 e. The topological polar surface area (TPSA) is 15.7 Å². The summed E-state index contributed by atoms with van der Waals surface area (Å²) in [4.78, 5) is 0. The maximum absolute atomic E-state index is 5.90. The summed E-state index contributed by atoms with van der Waals surface area (Å²) in [7, 11) is 4.93. The molecule has 0 aliphatic heterocycles. The second-order valence-electron chi connectivity index (χ2n) is 7.61. The van der Waals surface area contributed by atoms with Crippen molar-refractivity contribution < 1.29 is 4.12 Å². The maximum atomic E-state index is 5.90. The van der Waals surface area contributed by atoms with E-state index in [9.17, 15) is 0 Å². The average molecular weight is 309 g/mol. The molecule has 0 atom stereocenters. The van der Waals surface area contributed by atoms with Crippen LogP contribution >= 0.6 is 0 Å². The Kier molecular flexibility index (Phi) is 8.51. The molecular formula is C12H36N2OSi3. The molecule has 0 heterocycles.